The van der Waals surface area contributed by atoms with E-state index in [0.717, 1.165) is 48.6 Å². The summed E-state index contributed by atoms with van der Waals surface area (Å²) in [6.45, 7) is 5.42. The van der Waals surface area contributed by atoms with Gasteiger partial charge >= 0.3 is 0 Å². The van der Waals surface area contributed by atoms with Gasteiger partial charge in [0.15, 0.2) is 0 Å². The summed E-state index contributed by atoms with van der Waals surface area (Å²) in [5.74, 6) is -0.240. The molecule has 0 radical (unpaired) electrons. The van der Waals surface area contributed by atoms with Crippen LogP contribution in [0.4, 0.5) is 4.39 Å². The van der Waals surface area contributed by atoms with Crippen molar-refractivity contribution in [1.29, 1.82) is 0 Å². The van der Waals surface area contributed by atoms with Gasteiger partial charge in [-0.1, -0.05) is 0 Å². The summed E-state index contributed by atoms with van der Waals surface area (Å²) in [4.78, 5) is 14.3. The van der Waals surface area contributed by atoms with Crippen molar-refractivity contribution in [3.63, 3.8) is 0 Å². The number of piperidine rings is 1. The first kappa shape index (κ1) is 18.3. The Labute approximate surface area is 153 Å². The molecule has 5 nitrogen and oxygen atoms in total. The Morgan fingerprint density at radius 2 is 1.88 bits per heavy atom. The molecule has 1 aliphatic rings. The van der Waals surface area contributed by atoms with E-state index >= 15 is 0 Å². The molecular formula is C20H25FN4O. The number of halogens is 1. The quantitative estimate of drug-likeness (QED) is 0.857. The largest absolute Gasteiger partial charge is 0.339 e. The van der Waals surface area contributed by atoms with Crippen LogP contribution in [0, 0.1) is 19.7 Å². The summed E-state index contributed by atoms with van der Waals surface area (Å²) in [5.41, 5.74) is 3.48. The lowest BCUT2D eigenvalue weighted by Crippen LogP contribution is -2.43. The third kappa shape index (κ3) is 3.85. The Morgan fingerprint density at radius 1 is 1.23 bits per heavy atom. The van der Waals surface area contributed by atoms with Gasteiger partial charge in [0, 0.05) is 36.5 Å². The van der Waals surface area contributed by atoms with E-state index < -0.39 is 0 Å². The van der Waals surface area contributed by atoms with E-state index in [2.05, 4.69) is 10.4 Å². The molecule has 1 amide bonds. The molecule has 1 N–H and O–H groups in total. The van der Waals surface area contributed by atoms with Gasteiger partial charge in [-0.2, -0.15) is 5.10 Å². The van der Waals surface area contributed by atoms with Crippen molar-refractivity contribution < 1.29 is 9.18 Å². The van der Waals surface area contributed by atoms with Gasteiger partial charge in [-0.15, -0.1) is 0 Å². The van der Waals surface area contributed by atoms with Crippen LogP contribution >= 0.6 is 0 Å². The highest BCUT2D eigenvalue weighted by molar-refractivity contribution is 5.92. The van der Waals surface area contributed by atoms with Crippen molar-refractivity contribution in [1.82, 2.24) is 20.0 Å². The molecular weight excluding hydrogens is 331 g/mol. The lowest BCUT2D eigenvalue weighted by molar-refractivity contribution is -0.127. The number of aryl methyl sites for hydroxylation is 1. The molecule has 2 heterocycles. The van der Waals surface area contributed by atoms with Crippen molar-refractivity contribution in [2.45, 2.75) is 32.7 Å². The Bertz CT molecular complexity index is 802. The Morgan fingerprint density at radius 3 is 2.50 bits per heavy atom. The monoisotopic (exact) mass is 356 g/mol. The fourth-order valence-electron chi connectivity index (χ4n) is 3.38. The number of carbonyl (C=O) groups excluding carboxylic acids is 1. The summed E-state index contributed by atoms with van der Waals surface area (Å²) >= 11 is 0. The molecule has 26 heavy (non-hydrogen) atoms. The number of rotatable bonds is 4. The summed E-state index contributed by atoms with van der Waals surface area (Å²) < 4.78 is 14.9. The van der Waals surface area contributed by atoms with Gasteiger partial charge in [-0.05, 0) is 64.1 Å². The van der Waals surface area contributed by atoms with Crippen LogP contribution in [0.5, 0.6) is 0 Å². The molecule has 0 saturated carbocycles. The maximum absolute atomic E-state index is 13.1. The van der Waals surface area contributed by atoms with Crippen LogP contribution in [0.3, 0.4) is 0 Å². The molecule has 0 aliphatic carbocycles. The zero-order valence-electron chi connectivity index (χ0n) is 15.5. The third-order valence-electron chi connectivity index (χ3n) is 5.03. The second-order valence-electron chi connectivity index (χ2n) is 6.69. The van der Waals surface area contributed by atoms with Crippen LogP contribution < -0.4 is 5.32 Å². The molecule has 2 aromatic rings. The fraction of sp³-hybridized carbons (Fsp3) is 0.400. The fourth-order valence-corrected chi connectivity index (χ4v) is 3.38. The maximum atomic E-state index is 13.1. The molecule has 1 saturated heterocycles. The van der Waals surface area contributed by atoms with Crippen LogP contribution in [-0.2, 0) is 4.79 Å². The van der Waals surface area contributed by atoms with E-state index in [1.54, 1.807) is 22.9 Å². The molecule has 138 valence electrons. The van der Waals surface area contributed by atoms with Crippen molar-refractivity contribution in [2.75, 3.05) is 20.1 Å². The highest BCUT2D eigenvalue weighted by atomic mass is 19.1. The first-order valence-electron chi connectivity index (χ1n) is 8.96. The van der Waals surface area contributed by atoms with Crippen molar-refractivity contribution >= 4 is 12.0 Å². The number of hydrogen-bond acceptors (Lipinski definition) is 3. The Balaban J connectivity index is 1.74. The average Bonchev–Trinajstić information content (AvgIpc) is 2.94. The van der Waals surface area contributed by atoms with Gasteiger partial charge in [-0.25, -0.2) is 9.07 Å². The average molecular weight is 356 g/mol. The zero-order valence-corrected chi connectivity index (χ0v) is 15.5. The number of carbonyl (C=O) groups is 1. The molecule has 1 fully saturated rings. The van der Waals surface area contributed by atoms with E-state index in [1.165, 1.54) is 12.1 Å². The molecule has 1 aromatic heterocycles. The van der Waals surface area contributed by atoms with E-state index in [4.69, 9.17) is 0 Å². The first-order chi connectivity index (χ1) is 12.5. The minimum Gasteiger partial charge on any atom is -0.339 e. The minimum absolute atomic E-state index is 0.0351. The Hall–Kier alpha value is -2.47. The van der Waals surface area contributed by atoms with E-state index in [1.807, 2.05) is 31.9 Å². The summed E-state index contributed by atoms with van der Waals surface area (Å²) in [6, 6.07) is 6.72. The summed E-state index contributed by atoms with van der Waals surface area (Å²) in [5, 5.41) is 7.80. The number of amides is 1. The molecule has 0 spiro atoms. The lowest BCUT2D eigenvalue weighted by atomic mass is 10.1. The van der Waals surface area contributed by atoms with Crippen LogP contribution in [-0.4, -0.2) is 46.8 Å². The molecule has 0 unspecified atom stereocenters. The van der Waals surface area contributed by atoms with Crippen molar-refractivity contribution in [3.8, 4) is 5.69 Å². The third-order valence-corrected chi connectivity index (χ3v) is 5.03. The summed E-state index contributed by atoms with van der Waals surface area (Å²) in [7, 11) is 1.96. The summed E-state index contributed by atoms with van der Waals surface area (Å²) in [6.07, 6.45) is 5.43. The smallest absolute Gasteiger partial charge is 0.246 e. The second kappa shape index (κ2) is 7.83. The number of hydrogen-bond donors (Lipinski definition) is 1. The van der Waals surface area contributed by atoms with Crippen LogP contribution in [0.15, 0.2) is 30.3 Å². The minimum atomic E-state index is -0.275. The topological polar surface area (TPSA) is 50.2 Å². The predicted molar refractivity (Wildman–Crippen MR) is 101 cm³/mol. The molecule has 3 rings (SSSR count). The molecule has 1 aliphatic heterocycles. The highest BCUT2D eigenvalue weighted by Gasteiger charge is 2.20. The van der Waals surface area contributed by atoms with Gasteiger partial charge in [0.05, 0.1) is 11.4 Å². The maximum Gasteiger partial charge on any atom is 0.246 e. The van der Waals surface area contributed by atoms with Gasteiger partial charge in [0.25, 0.3) is 0 Å². The first-order valence-corrected chi connectivity index (χ1v) is 8.96. The van der Waals surface area contributed by atoms with E-state index in [9.17, 15) is 9.18 Å². The Kier molecular flexibility index (Phi) is 5.52. The number of aromatic nitrogens is 2. The van der Waals surface area contributed by atoms with Crippen molar-refractivity contribution in [2.24, 2.45) is 0 Å². The molecule has 1 aromatic carbocycles. The van der Waals surface area contributed by atoms with E-state index in [0.29, 0.717) is 6.04 Å². The van der Waals surface area contributed by atoms with Crippen molar-refractivity contribution in [3.05, 3.63) is 53.1 Å². The lowest BCUT2D eigenvalue weighted by Gasteiger charge is -2.31. The number of nitrogens with zero attached hydrogens (tertiary/aromatic N) is 3. The predicted octanol–water partition coefficient (Wildman–Crippen LogP) is 2.85. The zero-order chi connectivity index (χ0) is 18.7. The SMILES string of the molecule is CNC1CCN(C(=O)/C=C/c2c(C)nn(-c3ccc(F)cc3)c2C)CC1. The van der Waals surface area contributed by atoms with Gasteiger partial charge in [0.1, 0.15) is 5.82 Å². The molecule has 0 bridgehead atoms. The normalized spacial score (nSPS) is 15.8. The van der Waals surface area contributed by atoms with Crippen LogP contribution in [0.25, 0.3) is 11.8 Å². The number of benzene rings is 1. The standard InChI is InChI=1S/C20H25FN4O/c1-14-19(8-9-20(26)24-12-10-17(22-3)11-13-24)15(2)25(23-14)18-6-4-16(21)5-7-18/h4-9,17,22H,10-13H2,1-3H3/b9-8+. The molecule has 6 heteroatoms. The molecule has 0 atom stereocenters. The van der Waals surface area contributed by atoms with Crippen LogP contribution in [0.1, 0.15) is 29.8 Å². The highest BCUT2D eigenvalue weighted by Crippen LogP contribution is 2.20. The second-order valence-corrected chi connectivity index (χ2v) is 6.69. The number of likely N-dealkylation sites (tertiary alicyclic amines) is 1. The van der Waals surface area contributed by atoms with Gasteiger partial charge in [0.2, 0.25) is 5.91 Å². The van der Waals surface area contributed by atoms with E-state index in [-0.39, 0.29) is 11.7 Å². The van der Waals surface area contributed by atoms with Crippen LogP contribution in [0.2, 0.25) is 0 Å². The van der Waals surface area contributed by atoms with Gasteiger partial charge in [-0.3, -0.25) is 4.79 Å². The van der Waals surface area contributed by atoms with Gasteiger partial charge < -0.3 is 10.2 Å². The number of nitrogens with one attached hydrogen (secondary N) is 1.